The molecular formula is C16H13ClN4. The highest BCUT2D eigenvalue weighted by Crippen LogP contribution is 2.32. The number of para-hydroxylation sites is 1. The van der Waals surface area contributed by atoms with Gasteiger partial charge in [0.15, 0.2) is 5.15 Å². The van der Waals surface area contributed by atoms with Gasteiger partial charge in [-0.2, -0.15) is 10.2 Å². The van der Waals surface area contributed by atoms with Crippen LogP contribution in [0.3, 0.4) is 0 Å². The van der Waals surface area contributed by atoms with E-state index in [1.165, 1.54) is 0 Å². The molecule has 0 radical (unpaired) electrons. The summed E-state index contributed by atoms with van der Waals surface area (Å²) in [6.07, 6.45) is 0. The minimum Gasteiger partial charge on any atom is -0.220 e. The van der Waals surface area contributed by atoms with Gasteiger partial charge in [0.05, 0.1) is 17.1 Å². The predicted molar refractivity (Wildman–Crippen MR) is 83.9 cm³/mol. The van der Waals surface area contributed by atoms with Crippen LogP contribution in [-0.2, 0) is 0 Å². The zero-order valence-corrected chi connectivity index (χ0v) is 12.2. The lowest BCUT2D eigenvalue weighted by Gasteiger charge is -2.01. The molecule has 2 aromatic carbocycles. The lowest BCUT2D eigenvalue weighted by atomic mass is 10.3. The summed E-state index contributed by atoms with van der Waals surface area (Å²) in [7, 11) is 0. The summed E-state index contributed by atoms with van der Waals surface area (Å²) in [5, 5.41) is 13.3. The number of hydrogen-bond acceptors (Lipinski definition) is 3. The van der Waals surface area contributed by atoms with E-state index < -0.39 is 0 Å². The molecule has 0 aliphatic heterocycles. The Morgan fingerprint density at radius 3 is 2.19 bits per heavy atom. The summed E-state index contributed by atoms with van der Waals surface area (Å²) < 4.78 is 1.66. The van der Waals surface area contributed by atoms with Gasteiger partial charge in [0.25, 0.3) is 0 Å². The van der Waals surface area contributed by atoms with E-state index in [0.29, 0.717) is 10.8 Å². The number of aromatic nitrogens is 2. The smallest absolute Gasteiger partial charge is 0.160 e. The highest BCUT2D eigenvalue weighted by atomic mass is 35.5. The summed E-state index contributed by atoms with van der Waals surface area (Å²) in [5.41, 5.74) is 3.00. The lowest BCUT2D eigenvalue weighted by Crippen LogP contribution is -1.95. The molecule has 104 valence electrons. The van der Waals surface area contributed by atoms with E-state index >= 15 is 0 Å². The Hall–Kier alpha value is -2.46. The molecule has 0 spiro atoms. The van der Waals surface area contributed by atoms with Crippen LogP contribution in [0.2, 0.25) is 5.15 Å². The standard InChI is InChI=1S/C16H13ClN4/c1-12-15(19-18-13-8-4-2-5-9-13)16(17)21(20-12)14-10-6-3-7-11-14/h2-11H,1H3. The van der Waals surface area contributed by atoms with E-state index in [1.807, 2.05) is 67.6 Å². The normalized spacial score (nSPS) is 11.1. The van der Waals surface area contributed by atoms with Crippen LogP contribution in [0.1, 0.15) is 5.69 Å². The fraction of sp³-hybridized carbons (Fsp3) is 0.0625. The lowest BCUT2D eigenvalue weighted by molar-refractivity contribution is 0.863. The molecule has 1 aromatic heterocycles. The van der Waals surface area contributed by atoms with E-state index in [2.05, 4.69) is 15.3 Å². The van der Waals surface area contributed by atoms with Crippen molar-refractivity contribution in [1.29, 1.82) is 0 Å². The first kappa shape index (κ1) is 13.5. The van der Waals surface area contributed by atoms with Crippen molar-refractivity contribution in [2.75, 3.05) is 0 Å². The quantitative estimate of drug-likeness (QED) is 0.609. The van der Waals surface area contributed by atoms with Crippen LogP contribution in [0.5, 0.6) is 0 Å². The third-order valence-electron chi connectivity index (χ3n) is 3.00. The van der Waals surface area contributed by atoms with Gasteiger partial charge in [-0.3, -0.25) is 0 Å². The molecule has 5 heteroatoms. The molecule has 0 amide bonds. The van der Waals surface area contributed by atoms with Crippen molar-refractivity contribution in [2.24, 2.45) is 10.2 Å². The topological polar surface area (TPSA) is 42.5 Å². The molecule has 4 nitrogen and oxygen atoms in total. The molecule has 3 rings (SSSR count). The summed E-state index contributed by atoms with van der Waals surface area (Å²) in [5.74, 6) is 0. The molecular weight excluding hydrogens is 284 g/mol. The maximum Gasteiger partial charge on any atom is 0.160 e. The Morgan fingerprint density at radius 2 is 1.52 bits per heavy atom. The molecule has 0 N–H and O–H groups in total. The van der Waals surface area contributed by atoms with E-state index in [4.69, 9.17) is 11.6 Å². The van der Waals surface area contributed by atoms with Crippen LogP contribution < -0.4 is 0 Å². The van der Waals surface area contributed by atoms with Crippen LogP contribution in [0.4, 0.5) is 11.4 Å². The maximum absolute atomic E-state index is 6.38. The Bertz CT molecular complexity index is 764. The third-order valence-corrected chi connectivity index (χ3v) is 3.34. The molecule has 0 aliphatic rings. The minimum absolute atomic E-state index is 0.457. The highest BCUT2D eigenvalue weighted by Gasteiger charge is 2.14. The number of hydrogen-bond donors (Lipinski definition) is 0. The number of benzene rings is 2. The molecule has 1 heterocycles. The van der Waals surface area contributed by atoms with E-state index in [9.17, 15) is 0 Å². The molecule has 21 heavy (non-hydrogen) atoms. The van der Waals surface area contributed by atoms with E-state index in [0.717, 1.165) is 17.1 Å². The molecule has 0 atom stereocenters. The Balaban J connectivity index is 1.98. The third kappa shape index (κ3) is 2.85. The van der Waals surface area contributed by atoms with Gasteiger partial charge >= 0.3 is 0 Å². The first-order valence-electron chi connectivity index (χ1n) is 6.53. The largest absolute Gasteiger partial charge is 0.220 e. The SMILES string of the molecule is Cc1nn(-c2ccccc2)c(Cl)c1N=Nc1ccccc1. The van der Waals surface area contributed by atoms with Crippen LogP contribution in [0.15, 0.2) is 70.9 Å². The summed E-state index contributed by atoms with van der Waals surface area (Å²) in [4.78, 5) is 0. The van der Waals surface area contributed by atoms with Gasteiger partial charge < -0.3 is 0 Å². The molecule has 0 fully saturated rings. The predicted octanol–water partition coefficient (Wildman–Crippen LogP) is 5.25. The van der Waals surface area contributed by atoms with Gasteiger partial charge in [0, 0.05) is 0 Å². The molecule has 0 unspecified atom stereocenters. The van der Waals surface area contributed by atoms with Crippen LogP contribution in [-0.4, -0.2) is 9.78 Å². The van der Waals surface area contributed by atoms with Crippen molar-refractivity contribution in [2.45, 2.75) is 6.92 Å². The summed E-state index contributed by atoms with van der Waals surface area (Å²) in [6, 6.07) is 19.2. The van der Waals surface area contributed by atoms with Gasteiger partial charge in [-0.25, -0.2) is 4.68 Å². The zero-order chi connectivity index (χ0) is 14.7. The molecule has 3 aromatic rings. The number of halogens is 1. The average Bonchev–Trinajstić information content (AvgIpc) is 2.82. The second-order valence-electron chi connectivity index (χ2n) is 4.51. The minimum atomic E-state index is 0.457. The first-order valence-corrected chi connectivity index (χ1v) is 6.91. The summed E-state index contributed by atoms with van der Waals surface area (Å²) in [6.45, 7) is 1.87. The fourth-order valence-electron chi connectivity index (χ4n) is 1.95. The van der Waals surface area contributed by atoms with Crippen molar-refractivity contribution in [1.82, 2.24) is 9.78 Å². The fourth-order valence-corrected chi connectivity index (χ4v) is 2.26. The number of aryl methyl sites for hydroxylation is 1. The van der Waals surface area contributed by atoms with Gasteiger partial charge in [-0.05, 0) is 31.2 Å². The van der Waals surface area contributed by atoms with Gasteiger partial charge in [0.1, 0.15) is 5.69 Å². The maximum atomic E-state index is 6.38. The van der Waals surface area contributed by atoms with E-state index in [-0.39, 0.29) is 0 Å². The van der Waals surface area contributed by atoms with Crippen LogP contribution in [0.25, 0.3) is 5.69 Å². The zero-order valence-electron chi connectivity index (χ0n) is 11.4. The monoisotopic (exact) mass is 296 g/mol. The number of rotatable bonds is 3. The van der Waals surface area contributed by atoms with Crippen LogP contribution >= 0.6 is 11.6 Å². The second-order valence-corrected chi connectivity index (χ2v) is 4.87. The van der Waals surface area contributed by atoms with Gasteiger partial charge in [-0.15, -0.1) is 5.11 Å². The number of azo groups is 1. The van der Waals surface area contributed by atoms with Crippen LogP contribution in [0, 0.1) is 6.92 Å². The Kier molecular flexibility index (Phi) is 3.79. The Labute approximate surface area is 127 Å². The van der Waals surface area contributed by atoms with Crippen molar-refractivity contribution in [3.63, 3.8) is 0 Å². The summed E-state index contributed by atoms with van der Waals surface area (Å²) >= 11 is 6.38. The molecule has 0 saturated carbocycles. The average molecular weight is 297 g/mol. The highest BCUT2D eigenvalue weighted by molar-refractivity contribution is 6.32. The van der Waals surface area contributed by atoms with E-state index in [1.54, 1.807) is 4.68 Å². The van der Waals surface area contributed by atoms with Crippen molar-refractivity contribution < 1.29 is 0 Å². The van der Waals surface area contributed by atoms with Crippen molar-refractivity contribution in [3.8, 4) is 5.69 Å². The van der Waals surface area contributed by atoms with Crippen molar-refractivity contribution >= 4 is 23.0 Å². The number of nitrogens with zero attached hydrogens (tertiary/aromatic N) is 4. The van der Waals surface area contributed by atoms with Gasteiger partial charge in [0.2, 0.25) is 0 Å². The second kappa shape index (κ2) is 5.89. The molecule has 0 bridgehead atoms. The van der Waals surface area contributed by atoms with Crippen molar-refractivity contribution in [3.05, 3.63) is 71.5 Å². The molecule has 0 aliphatic carbocycles. The molecule has 0 saturated heterocycles. The van der Waals surface area contributed by atoms with Gasteiger partial charge in [-0.1, -0.05) is 48.0 Å². The Morgan fingerprint density at radius 1 is 0.905 bits per heavy atom. The first-order chi connectivity index (χ1) is 10.3.